The normalized spacial score (nSPS) is 17.1. The van der Waals surface area contributed by atoms with Crippen molar-refractivity contribution in [1.29, 1.82) is 0 Å². The Bertz CT molecular complexity index is 464. The highest BCUT2D eigenvalue weighted by molar-refractivity contribution is 5.84. The highest BCUT2D eigenvalue weighted by atomic mass is 19.1. The average molecular weight is 252 g/mol. The maximum Gasteiger partial charge on any atom is 0.412 e. The van der Waals surface area contributed by atoms with E-state index in [0.717, 1.165) is 0 Å². The second-order valence-corrected chi connectivity index (χ2v) is 5.52. The molecule has 0 atom stereocenters. The quantitative estimate of drug-likeness (QED) is 0.877. The lowest BCUT2D eigenvalue weighted by Crippen LogP contribution is -2.27. The maximum atomic E-state index is 13.8. The molecular formula is C13H17FN2O2. The first-order chi connectivity index (χ1) is 8.28. The van der Waals surface area contributed by atoms with Gasteiger partial charge >= 0.3 is 6.09 Å². The Balaban J connectivity index is 2.04. The van der Waals surface area contributed by atoms with Gasteiger partial charge in [-0.15, -0.1) is 0 Å². The van der Waals surface area contributed by atoms with Crippen LogP contribution in [0.2, 0.25) is 0 Å². The molecule has 4 nitrogen and oxygen atoms in total. The third-order valence-electron chi connectivity index (χ3n) is 2.55. The highest BCUT2D eigenvalue weighted by Crippen LogP contribution is 2.48. The standard InChI is InChI=1S/C13H17FN2O2/c1-12(2,3)18-11(17)16-9-4-7-15-10(8-9)13(14)5-6-13/h4,7-8H,5-6H2,1-3H3,(H,15,16,17). The Morgan fingerprint density at radius 1 is 1.50 bits per heavy atom. The van der Waals surface area contributed by atoms with Crippen LogP contribution in [0.5, 0.6) is 0 Å². The summed E-state index contributed by atoms with van der Waals surface area (Å²) in [5.74, 6) is 0. The topological polar surface area (TPSA) is 51.2 Å². The molecule has 5 heteroatoms. The largest absolute Gasteiger partial charge is 0.444 e. The summed E-state index contributed by atoms with van der Waals surface area (Å²) < 4.78 is 18.9. The summed E-state index contributed by atoms with van der Waals surface area (Å²) in [5.41, 5.74) is -0.988. The molecule has 1 fully saturated rings. The van der Waals surface area contributed by atoms with Crippen LogP contribution in [0.4, 0.5) is 14.9 Å². The van der Waals surface area contributed by atoms with Crippen molar-refractivity contribution < 1.29 is 13.9 Å². The van der Waals surface area contributed by atoms with Crippen LogP contribution >= 0.6 is 0 Å². The first kappa shape index (κ1) is 12.8. The molecule has 1 aromatic rings. The summed E-state index contributed by atoms with van der Waals surface area (Å²) in [6.07, 6.45) is 1.93. The second-order valence-electron chi connectivity index (χ2n) is 5.52. The molecule has 1 aromatic heterocycles. The van der Waals surface area contributed by atoms with Crippen LogP contribution in [-0.2, 0) is 10.4 Å². The number of nitrogens with zero attached hydrogens (tertiary/aromatic N) is 1. The van der Waals surface area contributed by atoms with Gasteiger partial charge in [0.25, 0.3) is 0 Å². The molecule has 2 rings (SSSR count). The van der Waals surface area contributed by atoms with Crippen LogP contribution in [0.25, 0.3) is 0 Å². The summed E-state index contributed by atoms with van der Waals surface area (Å²) in [7, 11) is 0. The number of hydrogen-bond donors (Lipinski definition) is 1. The number of anilines is 1. The Morgan fingerprint density at radius 2 is 2.17 bits per heavy atom. The summed E-state index contributed by atoms with van der Waals surface area (Å²) >= 11 is 0. The van der Waals surface area contributed by atoms with Crippen LogP contribution in [0.15, 0.2) is 18.3 Å². The number of aromatic nitrogens is 1. The van der Waals surface area contributed by atoms with Gasteiger partial charge in [0, 0.05) is 11.9 Å². The van der Waals surface area contributed by atoms with Gasteiger partial charge in [-0.05, 0) is 45.7 Å². The van der Waals surface area contributed by atoms with Gasteiger partial charge in [0.05, 0.1) is 5.69 Å². The van der Waals surface area contributed by atoms with E-state index in [9.17, 15) is 9.18 Å². The summed E-state index contributed by atoms with van der Waals surface area (Å²) in [5, 5.41) is 2.57. The van der Waals surface area contributed by atoms with Gasteiger partial charge in [-0.3, -0.25) is 10.3 Å². The number of halogens is 1. The van der Waals surface area contributed by atoms with Crippen LogP contribution in [0.1, 0.15) is 39.3 Å². The minimum atomic E-state index is -1.30. The second kappa shape index (κ2) is 4.23. The fourth-order valence-electron chi connectivity index (χ4n) is 1.54. The molecule has 0 spiro atoms. The van der Waals surface area contributed by atoms with Crippen molar-refractivity contribution in [2.24, 2.45) is 0 Å². The monoisotopic (exact) mass is 252 g/mol. The van der Waals surface area contributed by atoms with E-state index in [-0.39, 0.29) is 0 Å². The average Bonchev–Trinajstić information content (AvgIpc) is 2.95. The van der Waals surface area contributed by atoms with Crippen molar-refractivity contribution in [2.75, 3.05) is 5.32 Å². The zero-order chi connectivity index (χ0) is 13.4. The molecule has 0 aliphatic heterocycles. The lowest BCUT2D eigenvalue weighted by atomic mass is 10.2. The van der Waals surface area contributed by atoms with E-state index in [1.165, 1.54) is 6.20 Å². The number of amides is 1. The minimum Gasteiger partial charge on any atom is -0.444 e. The molecule has 0 radical (unpaired) electrons. The van der Waals surface area contributed by atoms with Crippen LogP contribution in [0, 0.1) is 0 Å². The van der Waals surface area contributed by atoms with Crippen molar-refractivity contribution in [2.45, 2.75) is 44.9 Å². The maximum absolute atomic E-state index is 13.8. The molecule has 0 saturated heterocycles. The number of carbonyl (C=O) groups excluding carboxylic acids is 1. The smallest absolute Gasteiger partial charge is 0.412 e. The predicted octanol–water partition coefficient (Wildman–Crippen LogP) is 3.39. The number of pyridine rings is 1. The Morgan fingerprint density at radius 3 is 2.72 bits per heavy atom. The van der Waals surface area contributed by atoms with E-state index in [2.05, 4.69) is 10.3 Å². The fourth-order valence-corrected chi connectivity index (χ4v) is 1.54. The molecule has 0 bridgehead atoms. The van der Waals surface area contributed by atoms with Crippen molar-refractivity contribution in [3.8, 4) is 0 Å². The number of nitrogens with one attached hydrogen (secondary N) is 1. The number of hydrogen-bond acceptors (Lipinski definition) is 3. The molecule has 1 saturated carbocycles. The van der Waals surface area contributed by atoms with Crippen molar-refractivity contribution in [1.82, 2.24) is 4.98 Å². The fraction of sp³-hybridized carbons (Fsp3) is 0.538. The Hall–Kier alpha value is -1.65. The van der Waals surface area contributed by atoms with Gasteiger partial charge in [-0.2, -0.15) is 0 Å². The zero-order valence-corrected chi connectivity index (χ0v) is 10.8. The lowest BCUT2D eigenvalue weighted by Gasteiger charge is -2.19. The molecule has 1 amide bonds. The Kier molecular flexibility index (Phi) is 3.00. The van der Waals surface area contributed by atoms with Crippen LogP contribution in [0.3, 0.4) is 0 Å². The number of alkyl halides is 1. The van der Waals surface area contributed by atoms with Gasteiger partial charge in [0.2, 0.25) is 0 Å². The van der Waals surface area contributed by atoms with E-state index in [0.29, 0.717) is 24.2 Å². The molecular weight excluding hydrogens is 235 g/mol. The number of ether oxygens (including phenoxy) is 1. The number of carbonyl (C=O) groups is 1. The van der Waals surface area contributed by atoms with Gasteiger partial charge < -0.3 is 4.74 Å². The summed E-state index contributed by atoms with van der Waals surface area (Å²) in [6.45, 7) is 5.35. The van der Waals surface area contributed by atoms with Gasteiger partial charge in [-0.25, -0.2) is 9.18 Å². The summed E-state index contributed by atoms with van der Waals surface area (Å²) in [4.78, 5) is 15.5. The van der Waals surface area contributed by atoms with Crippen LogP contribution in [-0.4, -0.2) is 16.7 Å². The van der Waals surface area contributed by atoms with Gasteiger partial charge in [0.15, 0.2) is 5.67 Å². The van der Waals surface area contributed by atoms with E-state index >= 15 is 0 Å². The molecule has 1 aliphatic rings. The van der Waals surface area contributed by atoms with E-state index in [1.54, 1.807) is 32.9 Å². The number of rotatable bonds is 2. The first-order valence-electron chi connectivity index (χ1n) is 5.94. The first-order valence-corrected chi connectivity index (χ1v) is 5.94. The molecule has 1 N–H and O–H groups in total. The third kappa shape index (κ3) is 3.18. The summed E-state index contributed by atoms with van der Waals surface area (Å²) in [6, 6.07) is 3.16. The molecule has 0 unspecified atom stereocenters. The van der Waals surface area contributed by atoms with E-state index < -0.39 is 17.4 Å². The highest BCUT2D eigenvalue weighted by Gasteiger charge is 2.46. The SMILES string of the molecule is CC(C)(C)OC(=O)Nc1ccnc(C2(F)CC2)c1. The molecule has 1 aliphatic carbocycles. The lowest BCUT2D eigenvalue weighted by molar-refractivity contribution is 0.0636. The van der Waals surface area contributed by atoms with Crippen molar-refractivity contribution in [3.05, 3.63) is 24.0 Å². The van der Waals surface area contributed by atoms with Crippen molar-refractivity contribution in [3.63, 3.8) is 0 Å². The van der Waals surface area contributed by atoms with Crippen molar-refractivity contribution >= 4 is 11.8 Å². The third-order valence-corrected chi connectivity index (χ3v) is 2.55. The zero-order valence-electron chi connectivity index (χ0n) is 10.8. The van der Waals surface area contributed by atoms with E-state index in [1.807, 2.05) is 0 Å². The minimum absolute atomic E-state index is 0.371. The predicted molar refractivity (Wildman–Crippen MR) is 66.1 cm³/mol. The van der Waals surface area contributed by atoms with Gasteiger partial charge in [0.1, 0.15) is 5.60 Å². The van der Waals surface area contributed by atoms with E-state index in [4.69, 9.17) is 4.74 Å². The molecule has 0 aromatic carbocycles. The molecule has 1 heterocycles. The molecule has 18 heavy (non-hydrogen) atoms. The molecule has 98 valence electrons. The van der Waals surface area contributed by atoms with Gasteiger partial charge in [-0.1, -0.05) is 0 Å². The Labute approximate surface area is 106 Å². The van der Waals surface area contributed by atoms with Crippen LogP contribution < -0.4 is 5.32 Å².